The van der Waals surface area contributed by atoms with Crippen LogP contribution in [0.5, 0.6) is 5.75 Å². The Morgan fingerprint density at radius 1 is 1.06 bits per heavy atom. The number of likely N-dealkylation sites (tertiary alicyclic amines) is 1. The van der Waals surface area contributed by atoms with E-state index in [2.05, 4.69) is 4.98 Å². The lowest BCUT2D eigenvalue weighted by Crippen LogP contribution is -2.24. The highest BCUT2D eigenvalue weighted by Crippen LogP contribution is 2.42. The molecule has 0 N–H and O–H groups in total. The number of fused-ring (bicyclic) bond motifs is 4. The van der Waals surface area contributed by atoms with Crippen molar-refractivity contribution >= 4 is 38.7 Å². The Balaban J connectivity index is 1.38. The SMILES string of the molecule is O=C1CC(c2ccc(OC(F)F)c3oc4ccccc4c23)CN1Cc1cccc2cccnc12. The summed E-state index contributed by atoms with van der Waals surface area (Å²) in [5, 5.41) is 2.57. The topological polar surface area (TPSA) is 55.6 Å². The van der Waals surface area contributed by atoms with Crippen molar-refractivity contribution in [3.05, 3.63) is 84.1 Å². The summed E-state index contributed by atoms with van der Waals surface area (Å²) in [7, 11) is 0. The fourth-order valence-corrected chi connectivity index (χ4v) is 4.99. The first-order valence-electron chi connectivity index (χ1n) is 11.1. The predicted octanol–water partition coefficient (Wildman–Crippen LogP) is 6.25. The van der Waals surface area contributed by atoms with E-state index >= 15 is 0 Å². The van der Waals surface area contributed by atoms with Crippen LogP contribution >= 0.6 is 0 Å². The highest BCUT2D eigenvalue weighted by atomic mass is 19.3. The van der Waals surface area contributed by atoms with Gasteiger partial charge < -0.3 is 14.1 Å². The number of furan rings is 1. The maximum atomic E-state index is 13.0. The molecular formula is C27H20F2N2O3. The number of carbonyl (C=O) groups excluding carboxylic acids is 1. The predicted molar refractivity (Wildman–Crippen MR) is 125 cm³/mol. The van der Waals surface area contributed by atoms with Gasteiger partial charge in [-0.15, -0.1) is 0 Å². The standard InChI is InChI=1S/C27H20F2N2O3/c28-27(29)34-22-11-10-19(24-20-8-1-2-9-21(20)33-26(22)24)18-13-23(32)31(15-18)14-17-6-3-5-16-7-4-12-30-25(16)17/h1-12,18,27H,13-15H2. The first-order chi connectivity index (χ1) is 16.6. The van der Waals surface area contributed by atoms with Crippen molar-refractivity contribution in [3.8, 4) is 5.75 Å². The molecule has 34 heavy (non-hydrogen) atoms. The minimum atomic E-state index is -2.96. The molecule has 0 aliphatic carbocycles. The van der Waals surface area contributed by atoms with Gasteiger partial charge >= 0.3 is 6.61 Å². The van der Waals surface area contributed by atoms with E-state index in [0.717, 1.165) is 32.8 Å². The molecule has 0 spiro atoms. The lowest BCUT2D eigenvalue weighted by atomic mass is 9.93. The zero-order valence-corrected chi connectivity index (χ0v) is 18.1. The van der Waals surface area contributed by atoms with Gasteiger partial charge in [-0.05, 0) is 29.3 Å². The molecule has 1 amide bonds. The van der Waals surface area contributed by atoms with Gasteiger partial charge in [0.1, 0.15) is 5.58 Å². The van der Waals surface area contributed by atoms with Crippen LogP contribution in [0.15, 0.2) is 77.3 Å². The smallest absolute Gasteiger partial charge is 0.387 e. The number of pyridine rings is 1. The first-order valence-corrected chi connectivity index (χ1v) is 11.1. The fraction of sp³-hybridized carbons (Fsp3) is 0.185. The molecule has 7 heteroatoms. The summed E-state index contributed by atoms with van der Waals surface area (Å²) in [5.74, 6) is -0.0562. The maximum Gasteiger partial charge on any atom is 0.387 e. The average Bonchev–Trinajstić information content (AvgIpc) is 3.40. The molecule has 1 fully saturated rings. The maximum absolute atomic E-state index is 13.0. The number of ether oxygens (including phenoxy) is 1. The third-order valence-electron chi connectivity index (χ3n) is 6.47. The molecule has 2 aromatic heterocycles. The largest absolute Gasteiger partial charge is 0.452 e. The van der Waals surface area contributed by atoms with Gasteiger partial charge in [0.2, 0.25) is 5.91 Å². The number of benzene rings is 3. The number of rotatable bonds is 5. The summed E-state index contributed by atoms with van der Waals surface area (Å²) >= 11 is 0. The quantitative estimate of drug-likeness (QED) is 0.312. The van der Waals surface area contributed by atoms with Gasteiger partial charge in [-0.2, -0.15) is 8.78 Å². The highest BCUT2D eigenvalue weighted by molar-refractivity contribution is 6.09. The summed E-state index contributed by atoms with van der Waals surface area (Å²) in [5.41, 5.74) is 3.65. The number of nitrogens with zero attached hydrogens (tertiary/aromatic N) is 2. The average molecular weight is 458 g/mol. The summed E-state index contributed by atoms with van der Waals surface area (Å²) < 4.78 is 36.7. The fourth-order valence-electron chi connectivity index (χ4n) is 4.99. The second-order valence-electron chi connectivity index (χ2n) is 8.50. The van der Waals surface area contributed by atoms with Crippen molar-refractivity contribution in [3.63, 3.8) is 0 Å². The third kappa shape index (κ3) is 3.44. The first kappa shape index (κ1) is 20.6. The van der Waals surface area contributed by atoms with Gasteiger partial charge in [-0.25, -0.2) is 0 Å². The molecule has 1 atom stereocenters. The van der Waals surface area contributed by atoms with Crippen LogP contribution in [0.3, 0.4) is 0 Å². The van der Waals surface area contributed by atoms with Gasteiger partial charge in [0, 0.05) is 47.8 Å². The molecule has 6 rings (SSSR count). The Bertz CT molecular complexity index is 1540. The number of aromatic nitrogens is 1. The Morgan fingerprint density at radius 2 is 1.91 bits per heavy atom. The number of hydrogen-bond donors (Lipinski definition) is 0. The zero-order chi connectivity index (χ0) is 23.2. The molecule has 0 bridgehead atoms. The van der Waals surface area contributed by atoms with Gasteiger partial charge in [0.25, 0.3) is 0 Å². The normalized spacial score (nSPS) is 16.4. The van der Waals surface area contributed by atoms with E-state index in [1.807, 2.05) is 53.4 Å². The molecule has 0 radical (unpaired) electrons. The minimum Gasteiger partial charge on any atom is -0.452 e. The van der Waals surface area contributed by atoms with Crippen LogP contribution in [0, 0.1) is 0 Å². The Morgan fingerprint density at radius 3 is 2.79 bits per heavy atom. The van der Waals surface area contributed by atoms with Gasteiger partial charge in [-0.3, -0.25) is 9.78 Å². The van der Waals surface area contributed by atoms with Crippen molar-refractivity contribution in [1.29, 1.82) is 0 Å². The number of carbonyl (C=O) groups is 1. The molecule has 5 nitrogen and oxygen atoms in total. The molecule has 0 saturated carbocycles. The van der Waals surface area contributed by atoms with E-state index in [0.29, 0.717) is 25.1 Å². The molecule has 1 aliphatic heterocycles. The van der Waals surface area contributed by atoms with E-state index in [9.17, 15) is 13.6 Å². The van der Waals surface area contributed by atoms with Crippen molar-refractivity contribution in [1.82, 2.24) is 9.88 Å². The van der Waals surface area contributed by atoms with E-state index in [4.69, 9.17) is 9.15 Å². The van der Waals surface area contributed by atoms with Crippen LogP contribution in [0.2, 0.25) is 0 Å². The van der Waals surface area contributed by atoms with Crippen LogP contribution in [0.25, 0.3) is 32.8 Å². The van der Waals surface area contributed by atoms with Crippen molar-refractivity contribution in [2.24, 2.45) is 0 Å². The highest BCUT2D eigenvalue weighted by Gasteiger charge is 2.33. The Kier molecular flexibility index (Phi) is 4.90. The monoisotopic (exact) mass is 458 g/mol. The molecule has 3 aromatic carbocycles. The second-order valence-corrected chi connectivity index (χ2v) is 8.50. The van der Waals surface area contributed by atoms with Crippen LogP contribution in [-0.2, 0) is 11.3 Å². The summed E-state index contributed by atoms with van der Waals surface area (Å²) in [6.07, 6.45) is 2.09. The third-order valence-corrected chi connectivity index (χ3v) is 6.47. The van der Waals surface area contributed by atoms with Crippen molar-refractivity contribution in [2.75, 3.05) is 6.54 Å². The van der Waals surface area contributed by atoms with E-state index in [-0.39, 0.29) is 23.2 Å². The summed E-state index contributed by atoms with van der Waals surface area (Å²) in [6.45, 7) is -1.97. The number of halogens is 2. The van der Waals surface area contributed by atoms with Gasteiger partial charge in [-0.1, -0.05) is 48.5 Å². The number of alkyl halides is 2. The van der Waals surface area contributed by atoms with Crippen molar-refractivity contribution < 1.29 is 22.7 Å². The molecule has 170 valence electrons. The molecule has 3 heterocycles. The molecule has 5 aromatic rings. The van der Waals surface area contributed by atoms with Gasteiger partial charge in [0.05, 0.1) is 5.52 Å². The van der Waals surface area contributed by atoms with Crippen molar-refractivity contribution in [2.45, 2.75) is 25.5 Å². The van der Waals surface area contributed by atoms with Gasteiger partial charge in [0.15, 0.2) is 11.3 Å². The van der Waals surface area contributed by atoms with Crippen LogP contribution < -0.4 is 4.74 Å². The zero-order valence-electron chi connectivity index (χ0n) is 18.1. The van der Waals surface area contributed by atoms with E-state index in [1.165, 1.54) is 6.07 Å². The summed E-state index contributed by atoms with van der Waals surface area (Å²) in [6, 6.07) is 20.6. The lowest BCUT2D eigenvalue weighted by molar-refractivity contribution is -0.128. The van der Waals surface area contributed by atoms with Crippen LogP contribution in [0.4, 0.5) is 8.78 Å². The van der Waals surface area contributed by atoms with Crippen LogP contribution in [-0.4, -0.2) is 28.9 Å². The molecule has 1 unspecified atom stereocenters. The van der Waals surface area contributed by atoms with E-state index in [1.54, 1.807) is 18.3 Å². The minimum absolute atomic E-state index is 0.00652. The molecular weight excluding hydrogens is 438 g/mol. The number of hydrogen-bond acceptors (Lipinski definition) is 4. The number of para-hydroxylation sites is 2. The summed E-state index contributed by atoms with van der Waals surface area (Å²) in [4.78, 5) is 19.3. The molecule has 1 saturated heterocycles. The Labute approximate surface area is 193 Å². The van der Waals surface area contributed by atoms with Crippen LogP contribution in [0.1, 0.15) is 23.5 Å². The number of amides is 1. The molecule has 1 aliphatic rings. The lowest BCUT2D eigenvalue weighted by Gasteiger charge is -2.18. The second kappa shape index (κ2) is 8.09. The Hall–Kier alpha value is -4.00. The van der Waals surface area contributed by atoms with E-state index < -0.39 is 6.61 Å².